The van der Waals surface area contributed by atoms with Gasteiger partial charge in [0.25, 0.3) is 10.0 Å². The Morgan fingerprint density at radius 1 is 1.17 bits per heavy atom. The van der Waals surface area contributed by atoms with Gasteiger partial charge in [-0.1, -0.05) is 35.1 Å². The second-order valence-corrected chi connectivity index (χ2v) is 13.2. The maximum absolute atomic E-state index is 13.8. The van der Waals surface area contributed by atoms with Gasteiger partial charge in [0.2, 0.25) is 5.91 Å². The van der Waals surface area contributed by atoms with E-state index in [0.717, 1.165) is 21.6 Å². The van der Waals surface area contributed by atoms with Crippen LogP contribution in [0.25, 0.3) is 10.2 Å². The smallest absolute Gasteiger partial charge is 0.252 e. The summed E-state index contributed by atoms with van der Waals surface area (Å²) in [5.74, 6) is 0.248. The number of halogens is 1. The third kappa shape index (κ3) is 4.98. The van der Waals surface area contributed by atoms with Crippen molar-refractivity contribution in [2.75, 3.05) is 25.1 Å². The molecule has 1 saturated heterocycles. The summed E-state index contributed by atoms with van der Waals surface area (Å²) in [5.41, 5.74) is 1.59. The van der Waals surface area contributed by atoms with Gasteiger partial charge >= 0.3 is 0 Å². The molecule has 1 aliphatic heterocycles. The first kappa shape index (κ1) is 25.1. The molecule has 0 saturated carbocycles. The number of ether oxygens (including phenoxy) is 1. The standard InChI is InChI=1S/C24H23ClN4O4S3/c1-33-18-5-2-6-19-22(18)27-24(34-19)29(15-16-4-3-11-26-14-16)23(30)17-9-12-28(13-10-17)36(31,32)21-8-7-20(25)35-21/h2-8,11,14,17H,9-10,12-13,15H2,1H3. The van der Waals surface area contributed by atoms with Crippen LogP contribution in [0, 0.1) is 5.92 Å². The number of sulfonamides is 1. The normalized spacial score (nSPS) is 15.3. The Bertz CT molecular complexity index is 1480. The molecule has 0 bridgehead atoms. The zero-order valence-corrected chi connectivity index (χ0v) is 22.5. The third-order valence-electron chi connectivity index (χ3n) is 6.10. The fourth-order valence-electron chi connectivity index (χ4n) is 4.23. The van der Waals surface area contributed by atoms with Gasteiger partial charge in [-0.3, -0.25) is 14.7 Å². The first-order chi connectivity index (χ1) is 17.4. The van der Waals surface area contributed by atoms with Crippen LogP contribution in [0.5, 0.6) is 5.75 Å². The number of nitrogens with zero attached hydrogens (tertiary/aromatic N) is 4. The van der Waals surface area contributed by atoms with Crippen LogP contribution < -0.4 is 9.64 Å². The lowest BCUT2D eigenvalue weighted by Crippen LogP contribution is -2.44. The molecular weight excluding hydrogens is 540 g/mol. The van der Waals surface area contributed by atoms with Gasteiger partial charge < -0.3 is 4.74 Å². The number of thiazole rings is 1. The van der Waals surface area contributed by atoms with Gasteiger partial charge in [-0.05, 0) is 48.7 Å². The summed E-state index contributed by atoms with van der Waals surface area (Å²) < 4.78 is 34.4. The second-order valence-electron chi connectivity index (χ2n) is 8.33. The fourth-order valence-corrected chi connectivity index (χ4v) is 8.33. The molecule has 12 heteroatoms. The number of anilines is 1. The molecule has 5 rings (SSSR count). The van der Waals surface area contributed by atoms with Crippen molar-refractivity contribution in [3.63, 3.8) is 0 Å². The van der Waals surface area contributed by atoms with E-state index in [-0.39, 0.29) is 29.1 Å². The number of para-hydroxylation sites is 1. The number of benzene rings is 1. The lowest BCUT2D eigenvalue weighted by atomic mass is 9.96. The van der Waals surface area contributed by atoms with Gasteiger partial charge in [0.15, 0.2) is 5.13 Å². The Morgan fingerprint density at radius 3 is 2.64 bits per heavy atom. The minimum atomic E-state index is -3.63. The van der Waals surface area contributed by atoms with Crippen LogP contribution in [0.4, 0.5) is 5.13 Å². The van der Waals surface area contributed by atoms with Crippen LogP contribution in [0.2, 0.25) is 4.34 Å². The van der Waals surface area contributed by atoms with Crippen molar-refractivity contribution in [3.05, 3.63) is 64.8 Å². The van der Waals surface area contributed by atoms with Crippen molar-refractivity contribution in [2.24, 2.45) is 5.92 Å². The fraction of sp³-hybridized carbons (Fsp3) is 0.292. The van der Waals surface area contributed by atoms with Crippen molar-refractivity contribution in [1.29, 1.82) is 0 Å². The average molecular weight is 563 g/mol. The molecule has 0 N–H and O–H groups in total. The predicted molar refractivity (Wildman–Crippen MR) is 142 cm³/mol. The summed E-state index contributed by atoms with van der Waals surface area (Å²) in [4.78, 5) is 24.4. The van der Waals surface area contributed by atoms with E-state index >= 15 is 0 Å². The van der Waals surface area contributed by atoms with E-state index in [2.05, 4.69) is 4.98 Å². The average Bonchev–Trinajstić information content (AvgIpc) is 3.54. The highest BCUT2D eigenvalue weighted by atomic mass is 35.5. The summed E-state index contributed by atoms with van der Waals surface area (Å²) in [6.07, 6.45) is 4.27. The topological polar surface area (TPSA) is 92.7 Å². The van der Waals surface area contributed by atoms with Crippen molar-refractivity contribution >= 4 is 65.6 Å². The van der Waals surface area contributed by atoms with Crippen LogP contribution in [0.3, 0.4) is 0 Å². The molecule has 0 atom stereocenters. The summed E-state index contributed by atoms with van der Waals surface area (Å²) in [7, 11) is -2.03. The van der Waals surface area contributed by atoms with Crippen LogP contribution in [0.1, 0.15) is 18.4 Å². The van der Waals surface area contributed by atoms with Crippen LogP contribution in [0.15, 0.2) is 59.1 Å². The largest absolute Gasteiger partial charge is 0.494 e. The lowest BCUT2D eigenvalue weighted by molar-refractivity contribution is -0.123. The van der Waals surface area contributed by atoms with Gasteiger partial charge in [-0.15, -0.1) is 11.3 Å². The van der Waals surface area contributed by atoms with Crippen LogP contribution in [-0.2, 0) is 21.4 Å². The maximum atomic E-state index is 13.8. The number of carbonyl (C=O) groups is 1. The summed E-state index contributed by atoms with van der Waals surface area (Å²) >= 11 is 8.41. The van der Waals surface area contributed by atoms with E-state index in [1.807, 2.05) is 30.3 Å². The molecule has 8 nitrogen and oxygen atoms in total. The molecule has 0 radical (unpaired) electrons. The predicted octanol–water partition coefficient (Wildman–Crippen LogP) is 5.05. The number of fused-ring (bicyclic) bond motifs is 1. The summed E-state index contributed by atoms with van der Waals surface area (Å²) in [5, 5.41) is 0.576. The Kier molecular flexibility index (Phi) is 7.27. The van der Waals surface area contributed by atoms with Crippen LogP contribution in [-0.4, -0.2) is 48.8 Å². The number of carbonyl (C=O) groups excluding carboxylic acids is 1. The first-order valence-corrected chi connectivity index (χ1v) is 14.7. The molecule has 4 aromatic rings. The Morgan fingerprint density at radius 2 is 1.97 bits per heavy atom. The number of methoxy groups -OCH3 is 1. The maximum Gasteiger partial charge on any atom is 0.252 e. The molecule has 0 spiro atoms. The third-order valence-corrected chi connectivity index (χ3v) is 10.7. The van der Waals surface area contributed by atoms with Crippen molar-refractivity contribution in [3.8, 4) is 5.75 Å². The van der Waals surface area contributed by atoms with E-state index in [0.29, 0.717) is 40.1 Å². The molecule has 1 amide bonds. The molecule has 3 aromatic heterocycles. The van der Waals surface area contributed by atoms with Gasteiger partial charge in [-0.2, -0.15) is 4.31 Å². The number of rotatable bonds is 7. The number of hydrogen-bond donors (Lipinski definition) is 0. The van der Waals surface area contributed by atoms with E-state index in [1.165, 1.54) is 21.7 Å². The van der Waals surface area contributed by atoms with Crippen molar-refractivity contribution in [1.82, 2.24) is 14.3 Å². The number of pyridine rings is 1. The number of hydrogen-bond acceptors (Lipinski definition) is 8. The minimum Gasteiger partial charge on any atom is -0.494 e. The van der Waals surface area contributed by atoms with Gasteiger partial charge in [0, 0.05) is 31.4 Å². The quantitative estimate of drug-likeness (QED) is 0.313. The molecule has 0 unspecified atom stereocenters. The zero-order chi connectivity index (χ0) is 25.3. The van der Waals surface area contributed by atoms with Gasteiger partial charge in [0.05, 0.1) is 22.7 Å². The number of piperidine rings is 1. The highest BCUT2D eigenvalue weighted by molar-refractivity contribution is 7.91. The minimum absolute atomic E-state index is 0.0758. The Hall–Kier alpha value is -2.57. The Balaban J connectivity index is 1.39. The highest BCUT2D eigenvalue weighted by Gasteiger charge is 2.35. The molecular formula is C24H23ClN4O4S3. The molecule has 1 aromatic carbocycles. The van der Waals surface area contributed by atoms with E-state index in [9.17, 15) is 13.2 Å². The molecule has 1 aliphatic rings. The number of amides is 1. The van der Waals surface area contributed by atoms with Crippen molar-refractivity contribution < 1.29 is 17.9 Å². The van der Waals surface area contributed by atoms with Crippen molar-refractivity contribution in [2.45, 2.75) is 23.6 Å². The summed E-state index contributed by atoms with van der Waals surface area (Å²) in [6.45, 7) is 0.854. The van der Waals surface area contributed by atoms with E-state index < -0.39 is 10.0 Å². The SMILES string of the molecule is COc1cccc2sc(N(Cc3cccnc3)C(=O)C3CCN(S(=O)(=O)c4ccc(Cl)s4)CC3)nc12. The molecule has 0 aliphatic carbocycles. The van der Waals surface area contributed by atoms with Gasteiger partial charge in [0.1, 0.15) is 15.5 Å². The van der Waals surface area contributed by atoms with Gasteiger partial charge in [-0.25, -0.2) is 13.4 Å². The second kappa shape index (κ2) is 10.4. The van der Waals surface area contributed by atoms with Crippen LogP contribution >= 0.6 is 34.3 Å². The lowest BCUT2D eigenvalue weighted by Gasteiger charge is -2.32. The highest BCUT2D eigenvalue weighted by Crippen LogP contribution is 2.36. The number of aromatic nitrogens is 2. The molecule has 36 heavy (non-hydrogen) atoms. The summed E-state index contributed by atoms with van der Waals surface area (Å²) in [6, 6.07) is 12.5. The molecule has 188 valence electrons. The zero-order valence-electron chi connectivity index (χ0n) is 19.3. The van der Waals surface area contributed by atoms with E-state index in [1.54, 1.807) is 30.5 Å². The first-order valence-electron chi connectivity index (χ1n) is 11.3. The number of thiophene rings is 1. The van der Waals surface area contributed by atoms with E-state index in [4.69, 9.17) is 21.3 Å². The monoisotopic (exact) mass is 562 g/mol. The molecule has 1 fully saturated rings. The Labute approximate surface area is 222 Å². The molecule has 4 heterocycles.